The molecule has 0 N–H and O–H groups in total. The van der Waals surface area contributed by atoms with Crippen molar-refractivity contribution in [2.45, 2.75) is 31.8 Å². The lowest BCUT2D eigenvalue weighted by Gasteiger charge is -2.20. The molecule has 1 heterocycles. The second kappa shape index (κ2) is 7.99. The molecule has 1 fully saturated rings. The lowest BCUT2D eigenvalue weighted by atomic mass is 9.90. The number of rotatable bonds is 7. The maximum Gasteiger partial charge on any atom is 0.410 e. The number of aliphatic imine (C=N–C) groups is 1. The summed E-state index contributed by atoms with van der Waals surface area (Å²) in [6.45, 7) is 4.82. The first-order valence-corrected chi connectivity index (χ1v) is 9.50. The van der Waals surface area contributed by atoms with Gasteiger partial charge in [-0.3, -0.25) is 13.9 Å². The monoisotopic (exact) mass is 396 g/mol. The highest BCUT2D eigenvalue weighted by Crippen LogP contribution is 2.21. The van der Waals surface area contributed by atoms with Gasteiger partial charge in [0.1, 0.15) is 12.7 Å². The lowest BCUT2D eigenvalue weighted by Crippen LogP contribution is -2.37. The Morgan fingerprint density at radius 1 is 1.33 bits per heavy atom. The fourth-order valence-corrected chi connectivity index (χ4v) is 3.11. The first-order valence-electron chi connectivity index (χ1n) is 8.09. The fraction of sp³-hybridized carbons (Fsp3) is 0.471. The van der Waals surface area contributed by atoms with Crippen molar-refractivity contribution in [1.29, 1.82) is 0 Å². The molecule has 2 rings (SSSR count). The van der Waals surface area contributed by atoms with Crippen LogP contribution in [-0.2, 0) is 28.6 Å². The Kier molecular flexibility index (Phi) is 6.15. The van der Waals surface area contributed by atoms with Crippen LogP contribution >= 0.6 is 0 Å². The van der Waals surface area contributed by atoms with Crippen LogP contribution in [0.15, 0.2) is 34.2 Å². The highest BCUT2D eigenvalue weighted by molar-refractivity contribution is 7.86. The third-order valence-corrected chi connectivity index (χ3v) is 5.13. The summed E-state index contributed by atoms with van der Waals surface area (Å²) in [6, 6.07) is 5.13. The van der Waals surface area contributed by atoms with Crippen LogP contribution in [0.1, 0.15) is 20.8 Å². The average molecular weight is 396 g/mol. The number of amides is 1. The second-order valence-electron chi connectivity index (χ2n) is 7.00. The molecule has 0 unspecified atom stereocenters. The quantitative estimate of drug-likeness (QED) is 0.391. The Morgan fingerprint density at radius 2 is 1.96 bits per heavy atom. The zero-order chi connectivity index (χ0) is 20.2. The number of hydrogen-bond donors (Lipinski definition) is 0. The van der Waals surface area contributed by atoms with E-state index in [1.165, 1.54) is 35.2 Å². The predicted molar refractivity (Wildman–Crippen MR) is 93.7 cm³/mol. The number of isocyanates is 1. The van der Waals surface area contributed by atoms with E-state index in [4.69, 9.17) is 8.92 Å². The Hall–Kier alpha value is -2.55. The zero-order valence-electron chi connectivity index (χ0n) is 15.2. The van der Waals surface area contributed by atoms with Gasteiger partial charge in [0, 0.05) is 5.41 Å². The number of hydrogen-bond acceptors (Lipinski definition) is 8. The maximum absolute atomic E-state index is 12.2. The van der Waals surface area contributed by atoms with Crippen molar-refractivity contribution < 1.29 is 31.7 Å². The van der Waals surface area contributed by atoms with Gasteiger partial charge < -0.3 is 4.74 Å². The molecule has 1 aromatic carbocycles. The van der Waals surface area contributed by atoms with Crippen molar-refractivity contribution in [1.82, 2.24) is 4.90 Å². The van der Waals surface area contributed by atoms with Gasteiger partial charge >= 0.3 is 6.09 Å². The van der Waals surface area contributed by atoms with E-state index < -0.39 is 27.7 Å². The normalized spacial score (nSPS) is 17.4. The Bertz CT molecular complexity index is 866. The smallest absolute Gasteiger partial charge is 0.410 e. The van der Waals surface area contributed by atoms with Gasteiger partial charge in [0.25, 0.3) is 10.1 Å². The third-order valence-electron chi connectivity index (χ3n) is 3.83. The summed E-state index contributed by atoms with van der Waals surface area (Å²) >= 11 is 0. The summed E-state index contributed by atoms with van der Waals surface area (Å²) in [6.07, 6.45) is -0.139. The standard InChI is InChI=1S/C17H20N2O7S/c1-17(2,3)15(21)9-19-8-13(26-16(19)22)10-25-27(23,24)14-6-4-12(5-7-14)18-11-20/h4-7,13H,8-10H2,1-3H3/t13-/m0/s1. The molecule has 1 aliphatic rings. The van der Waals surface area contributed by atoms with E-state index in [1.54, 1.807) is 20.8 Å². The van der Waals surface area contributed by atoms with Crippen LogP contribution in [0.2, 0.25) is 0 Å². The van der Waals surface area contributed by atoms with Gasteiger partial charge in [0.05, 0.1) is 23.7 Å². The Morgan fingerprint density at radius 3 is 2.52 bits per heavy atom. The van der Waals surface area contributed by atoms with Crippen molar-refractivity contribution in [2.75, 3.05) is 19.7 Å². The predicted octanol–water partition coefficient (Wildman–Crippen LogP) is 1.80. The molecule has 1 atom stereocenters. The lowest BCUT2D eigenvalue weighted by molar-refractivity contribution is -0.126. The molecule has 0 aliphatic carbocycles. The van der Waals surface area contributed by atoms with E-state index in [0.717, 1.165) is 0 Å². The Labute approximate surface area is 157 Å². The summed E-state index contributed by atoms with van der Waals surface area (Å²) in [5, 5.41) is 0. The van der Waals surface area contributed by atoms with Gasteiger partial charge in [0.15, 0.2) is 5.78 Å². The number of cyclic esters (lactones) is 1. The van der Waals surface area contributed by atoms with Gasteiger partial charge in [-0.2, -0.15) is 13.4 Å². The molecule has 1 amide bonds. The van der Waals surface area contributed by atoms with Crippen LogP contribution in [0, 0.1) is 5.41 Å². The fourth-order valence-electron chi connectivity index (χ4n) is 2.17. The van der Waals surface area contributed by atoms with Gasteiger partial charge in [-0.1, -0.05) is 20.8 Å². The topological polar surface area (TPSA) is 119 Å². The number of carbonyl (C=O) groups is 2. The molecule has 1 aromatic rings. The summed E-state index contributed by atoms with van der Waals surface area (Å²) < 4.78 is 34.4. The number of nitrogens with zero attached hydrogens (tertiary/aromatic N) is 2. The van der Waals surface area contributed by atoms with Crippen molar-refractivity contribution in [3.63, 3.8) is 0 Å². The first kappa shape index (κ1) is 20.8. The van der Waals surface area contributed by atoms with Gasteiger partial charge in [-0.25, -0.2) is 9.59 Å². The van der Waals surface area contributed by atoms with Crippen LogP contribution in [0.3, 0.4) is 0 Å². The molecule has 10 heteroatoms. The molecule has 146 valence electrons. The van der Waals surface area contributed by atoms with Crippen molar-refractivity contribution in [2.24, 2.45) is 10.4 Å². The molecule has 1 aliphatic heterocycles. The minimum Gasteiger partial charge on any atom is -0.442 e. The molecule has 0 aromatic heterocycles. The van der Waals surface area contributed by atoms with Gasteiger partial charge in [-0.05, 0) is 24.3 Å². The highest BCUT2D eigenvalue weighted by Gasteiger charge is 2.35. The SMILES string of the molecule is CC(C)(C)C(=O)CN1C[C@@H](COS(=O)(=O)c2ccc(N=C=O)cc2)OC1=O. The summed E-state index contributed by atoms with van der Waals surface area (Å²) in [7, 11) is -4.08. The van der Waals surface area contributed by atoms with E-state index in [1.807, 2.05) is 0 Å². The molecule has 0 spiro atoms. The second-order valence-corrected chi connectivity index (χ2v) is 8.61. The van der Waals surface area contributed by atoms with E-state index in [2.05, 4.69) is 4.99 Å². The molecular formula is C17H20N2O7S. The molecule has 0 radical (unpaired) electrons. The minimum atomic E-state index is -4.08. The van der Waals surface area contributed by atoms with Crippen LogP contribution in [0.4, 0.5) is 10.5 Å². The van der Waals surface area contributed by atoms with Crippen molar-refractivity contribution in [3.05, 3.63) is 24.3 Å². The molecule has 0 bridgehead atoms. The molecule has 9 nitrogen and oxygen atoms in total. The van der Waals surface area contributed by atoms with Gasteiger partial charge in [-0.15, -0.1) is 0 Å². The number of ether oxygens (including phenoxy) is 1. The van der Waals surface area contributed by atoms with Crippen molar-refractivity contribution >= 4 is 33.8 Å². The summed E-state index contributed by atoms with van der Waals surface area (Å²) in [5.74, 6) is -0.133. The maximum atomic E-state index is 12.2. The summed E-state index contributed by atoms with van der Waals surface area (Å²) in [4.78, 5) is 38.5. The average Bonchev–Trinajstić information content (AvgIpc) is 2.93. The van der Waals surface area contributed by atoms with E-state index in [0.29, 0.717) is 0 Å². The molecule has 27 heavy (non-hydrogen) atoms. The Balaban J connectivity index is 1.95. The van der Waals surface area contributed by atoms with Gasteiger partial charge in [0.2, 0.25) is 6.08 Å². The first-order chi connectivity index (χ1) is 12.5. The van der Waals surface area contributed by atoms with Crippen LogP contribution in [0.25, 0.3) is 0 Å². The number of benzene rings is 1. The number of ketones is 1. The van der Waals surface area contributed by atoms with Crippen LogP contribution < -0.4 is 0 Å². The number of carbonyl (C=O) groups excluding carboxylic acids is 3. The van der Waals surface area contributed by atoms with Crippen LogP contribution in [-0.4, -0.2) is 57.1 Å². The van der Waals surface area contributed by atoms with E-state index in [9.17, 15) is 22.8 Å². The summed E-state index contributed by atoms with van der Waals surface area (Å²) in [5.41, 5.74) is -0.342. The third kappa shape index (κ3) is 5.46. The van der Waals surface area contributed by atoms with Crippen LogP contribution in [0.5, 0.6) is 0 Å². The highest BCUT2D eigenvalue weighted by atomic mass is 32.2. The van der Waals surface area contributed by atoms with Crippen molar-refractivity contribution in [3.8, 4) is 0 Å². The molecular weight excluding hydrogens is 376 g/mol. The zero-order valence-corrected chi connectivity index (χ0v) is 16.0. The number of Topliss-reactive ketones (excluding diaryl/α,β-unsaturated/α-hetero) is 1. The van der Waals surface area contributed by atoms with E-state index >= 15 is 0 Å². The largest absolute Gasteiger partial charge is 0.442 e. The molecule has 1 saturated heterocycles. The van der Waals surface area contributed by atoms with E-state index in [-0.39, 0.29) is 36.1 Å². The molecule has 0 saturated carbocycles. The minimum absolute atomic E-state index is 0.0587.